The zero-order valence-corrected chi connectivity index (χ0v) is 13.8. The largest absolute Gasteiger partial charge is 0.305 e. The molecular weight excluding hydrogens is 352 g/mol. The maximum absolute atomic E-state index is 12.6. The summed E-state index contributed by atoms with van der Waals surface area (Å²) in [7, 11) is -1.42. The normalized spacial score (nSPS) is 19.3. The number of sulfonamides is 1. The molecule has 2 rings (SSSR count). The lowest BCUT2D eigenvalue weighted by Gasteiger charge is -2.20. The van der Waals surface area contributed by atoms with Crippen molar-refractivity contribution in [3.05, 3.63) is 27.7 Å². The summed E-state index contributed by atoms with van der Waals surface area (Å²) in [6.07, 6.45) is 0.852. The molecule has 1 aliphatic rings. The molecule has 0 saturated carbocycles. The van der Waals surface area contributed by atoms with E-state index in [-0.39, 0.29) is 4.90 Å². The van der Waals surface area contributed by atoms with Gasteiger partial charge in [0, 0.05) is 24.1 Å². The summed E-state index contributed by atoms with van der Waals surface area (Å²) in [6, 6.07) is 4.71. The summed E-state index contributed by atoms with van der Waals surface area (Å²) in [6.45, 7) is 2.77. The molecule has 0 unspecified atom stereocenters. The fourth-order valence-electron chi connectivity index (χ4n) is 2.05. The van der Waals surface area contributed by atoms with Gasteiger partial charge < -0.3 is 4.90 Å². The molecule has 19 heavy (non-hydrogen) atoms. The quantitative estimate of drug-likeness (QED) is 0.806. The molecule has 1 aliphatic heterocycles. The average molecular weight is 368 g/mol. The Morgan fingerprint density at radius 3 is 2.63 bits per heavy atom. The molecule has 4 nitrogen and oxygen atoms in total. The van der Waals surface area contributed by atoms with Crippen molar-refractivity contribution >= 4 is 37.6 Å². The van der Waals surface area contributed by atoms with Crippen LogP contribution in [0.15, 0.2) is 27.6 Å². The molecule has 1 aromatic rings. The third-order valence-electron chi connectivity index (χ3n) is 3.21. The molecule has 1 fully saturated rings. The second-order valence-electron chi connectivity index (χ2n) is 4.64. The molecular formula is C12H16BrClN2O2S. The van der Waals surface area contributed by atoms with E-state index in [2.05, 4.69) is 20.8 Å². The zero-order valence-electron chi connectivity index (χ0n) is 10.6. The Kier molecular flexibility index (Phi) is 4.89. The Hall–Kier alpha value is -0.140. The van der Waals surface area contributed by atoms with E-state index >= 15 is 0 Å². The first-order valence-corrected chi connectivity index (χ1v) is 8.66. The first-order chi connectivity index (χ1) is 8.91. The van der Waals surface area contributed by atoms with Crippen LogP contribution in [0.25, 0.3) is 0 Å². The van der Waals surface area contributed by atoms with E-state index in [0.29, 0.717) is 22.6 Å². The molecule has 1 heterocycles. The minimum Gasteiger partial charge on any atom is -0.305 e. The van der Waals surface area contributed by atoms with Gasteiger partial charge in [0.15, 0.2) is 0 Å². The van der Waals surface area contributed by atoms with Crippen LogP contribution in [0.2, 0.25) is 5.02 Å². The van der Waals surface area contributed by atoms with Crippen LogP contribution in [-0.4, -0.2) is 50.8 Å². The number of hydrogen-bond acceptors (Lipinski definition) is 3. The van der Waals surface area contributed by atoms with Crippen molar-refractivity contribution in [1.29, 1.82) is 0 Å². The molecule has 7 heteroatoms. The summed E-state index contributed by atoms with van der Waals surface area (Å²) in [5, 5.41) is 0.509. The van der Waals surface area contributed by atoms with Gasteiger partial charge in [0.2, 0.25) is 10.0 Å². The number of halogens is 2. The van der Waals surface area contributed by atoms with Crippen LogP contribution in [0.4, 0.5) is 0 Å². The van der Waals surface area contributed by atoms with Gasteiger partial charge in [-0.1, -0.05) is 11.6 Å². The Morgan fingerprint density at radius 2 is 1.95 bits per heavy atom. The van der Waals surface area contributed by atoms with Crippen LogP contribution < -0.4 is 0 Å². The molecule has 0 bridgehead atoms. The van der Waals surface area contributed by atoms with Crippen molar-refractivity contribution in [3.8, 4) is 0 Å². The second kappa shape index (κ2) is 6.10. The lowest BCUT2D eigenvalue weighted by molar-refractivity contribution is 0.347. The Balaban J connectivity index is 2.28. The van der Waals surface area contributed by atoms with Gasteiger partial charge in [-0.25, -0.2) is 8.42 Å². The van der Waals surface area contributed by atoms with Crippen molar-refractivity contribution in [2.75, 3.05) is 33.2 Å². The summed E-state index contributed by atoms with van der Waals surface area (Å²) in [5.74, 6) is 0. The maximum Gasteiger partial charge on any atom is 0.243 e. The van der Waals surface area contributed by atoms with Crippen molar-refractivity contribution in [2.24, 2.45) is 0 Å². The standard InChI is InChI=1S/C12H16BrClN2O2S/c1-15-5-2-6-16(8-7-15)19(17,18)10-3-4-12(14)11(13)9-10/h3-4,9H,2,5-8H2,1H3. The number of nitrogens with zero attached hydrogens (tertiary/aromatic N) is 2. The molecule has 1 aromatic carbocycles. The van der Waals surface area contributed by atoms with E-state index in [0.717, 1.165) is 19.5 Å². The fourth-order valence-corrected chi connectivity index (χ4v) is 4.19. The Bertz CT molecular complexity index is 565. The summed E-state index contributed by atoms with van der Waals surface area (Å²) in [4.78, 5) is 2.43. The molecule has 106 valence electrons. The van der Waals surface area contributed by atoms with Gasteiger partial charge in [-0.3, -0.25) is 0 Å². The molecule has 1 saturated heterocycles. The highest BCUT2D eigenvalue weighted by Gasteiger charge is 2.26. The smallest absolute Gasteiger partial charge is 0.243 e. The fraction of sp³-hybridized carbons (Fsp3) is 0.500. The predicted molar refractivity (Wildman–Crippen MR) is 80.0 cm³/mol. The van der Waals surface area contributed by atoms with Crippen LogP contribution in [0.1, 0.15) is 6.42 Å². The second-order valence-corrected chi connectivity index (χ2v) is 7.84. The van der Waals surface area contributed by atoms with Crippen LogP contribution in [0, 0.1) is 0 Å². The van der Waals surface area contributed by atoms with Gasteiger partial charge >= 0.3 is 0 Å². The van der Waals surface area contributed by atoms with Gasteiger partial charge in [0.25, 0.3) is 0 Å². The molecule has 0 amide bonds. The highest BCUT2D eigenvalue weighted by molar-refractivity contribution is 9.10. The van der Waals surface area contributed by atoms with Crippen molar-refractivity contribution in [3.63, 3.8) is 0 Å². The first kappa shape index (κ1) is 15.3. The molecule has 0 radical (unpaired) electrons. The van der Waals surface area contributed by atoms with E-state index in [1.807, 2.05) is 7.05 Å². The lowest BCUT2D eigenvalue weighted by Crippen LogP contribution is -2.34. The highest BCUT2D eigenvalue weighted by Crippen LogP contribution is 2.27. The topological polar surface area (TPSA) is 40.6 Å². The van der Waals surface area contributed by atoms with Crippen molar-refractivity contribution in [2.45, 2.75) is 11.3 Å². The third-order valence-corrected chi connectivity index (χ3v) is 6.32. The van der Waals surface area contributed by atoms with Gasteiger partial charge in [0.05, 0.1) is 9.92 Å². The van der Waals surface area contributed by atoms with Crippen LogP contribution in [-0.2, 0) is 10.0 Å². The van der Waals surface area contributed by atoms with E-state index in [1.54, 1.807) is 22.5 Å². The maximum atomic E-state index is 12.6. The monoisotopic (exact) mass is 366 g/mol. The van der Waals surface area contributed by atoms with E-state index in [9.17, 15) is 8.42 Å². The van der Waals surface area contributed by atoms with E-state index in [4.69, 9.17) is 11.6 Å². The van der Waals surface area contributed by atoms with E-state index < -0.39 is 10.0 Å². The van der Waals surface area contributed by atoms with Crippen molar-refractivity contribution < 1.29 is 8.42 Å². The highest BCUT2D eigenvalue weighted by atomic mass is 79.9. The molecule has 0 N–H and O–H groups in total. The van der Waals surface area contributed by atoms with Crippen LogP contribution in [0.5, 0.6) is 0 Å². The average Bonchev–Trinajstić information content (AvgIpc) is 2.57. The summed E-state index contributed by atoms with van der Waals surface area (Å²) in [5.41, 5.74) is 0. The minimum absolute atomic E-state index is 0.285. The lowest BCUT2D eigenvalue weighted by atomic mass is 10.4. The predicted octanol–water partition coefficient (Wildman–Crippen LogP) is 2.43. The van der Waals surface area contributed by atoms with Crippen LogP contribution >= 0.6 is 27.5 Å². The number of rotatable bonds is 2. The van der Waals surface area contributed by atoms with Gasteiger partial charge in [-0.15, -0.1) is 0 Å². The van der Waals surface area contributed by atoms with Gasteiger partial charge in [-0.2, -0.15) is 4.31 Å². The Labute approximate surface area is 127 Å². The Morgan fingerprint density at radius 1 is 1.21 bits per heavy atom. The zero-order chi connectivity index (χ0) is 14.0. The number of hydrogen-bond donors (Lipinski definition) is 0. The van der Waals surface area contributed by atoms with Crippen LogP contribution in [0.3, 0.4) is 0 Å². The molecule has 0 atom stereocenters. The number of benzene rings is 1. The number of likely N-dealkylation sites (N-methyl/N-ethyl adjacent to an activating group) is 1. The molecule has 0 aliphatic carbocycles. The third kappa shape index (κ3) is 3.49. The van der Waals surface area contributed by atoms with Crippen molar-refractivity contribution in [1.82, 2.24) is 9.21 Å². The van der Waals surface area contributed by atoms with E-state index in [1.165, 1.54) is 0 Å². The SMILES string of the molecule is CN1CCCN(S(=O)(=O)c2ccc(Cl)c(Br)c2)CC1. The first-order valence-electron chi connectivity index (χ1n) is 6.05. The summed E-state index contributed by atoms with van der Waals surface area (Å²) < 4.78 is 27.3. The molecule has 0 aromatic heterocycles. The summed E-state index contributed by atoms with van der Waals surface area (Å²) >= 11 is 9.16. The minimum atomic E-state index is -3.43. The van der Waals surface area contributed by atoms with Gasteiger partial charge in [-0.05, 0) is 54.1 Å². The van der Waals surface area contributed by atoms with Gasteiger partial charge in [0.1, 0.15) is 0 Å². The molecule has 0 spiro atoms.